The first-order valence-electron chi connectivity index (χ1n) is 6.90. The smallest absolute Gasteiger partial charge is 0.0476 e. The lowest BCUT2D eigenvalue weighted by Crippen LogP contribution is -2.38. The van der Waals surface area contributed by atoms with E-state index in [1.165, 1.54) is 24.0 Å². The van der Waals surface area contributed by atoms with Crippen LogP contribution in [0.5, 0.6) is 0 Å². The molecule has 0 radical (unpaired) electrons. The van der Waals surface area contributed by atoms with E-state index >= 15 is 0 Å². The summed E-state index contributed by atoms with van der Waals surface area (Å²) in [6.07, 6.45) is 3.26. The fraction of sp³-hybridized carbons (Fsp3) is 0.600. The number of hydrogen-bond donors (Lipinski definition) is 2. The molecule has 1 saturated heterocycles. The third-order valence-corrected chi connectivity index (χ3v) is 4.06. The Labute approximate surface area is 110 Å². The van der Waals surface area contributed by atoms with Crippen LogP contribution >= 0.6 is 0 Å². The van der Waals surface area contributed by atoms with E-state index in [-0.39, 0.29) is 6.61 Å². The van der Waals surface area contributed by atoms with Gasteiger partial charge in [-0.15, -0.1) is 0 Å². The van der Waals surface area contributed by atoms with Crippen molar-refractivity contribution in [3.63, 3.8) is 0 Å². The second-order valence-corrected chi connectivity index (χ2v) is 5.15. The third-order valence-electron chi connectivity index (χ3n) is 4.06. The summed E-state index contributed by atoms with van der Waals surface area (Å²) in [5.41, 5.74) is 8.65. The maximum absolute atomic E-state index is 9.17. The van der Waals surface area contributed by atoms with Gasteiger partial charge in [-0.05, 0) is 43.9 Å². The lowest BCUT2D eigenvalue weighted by Gasteiger charge is -2.33. The van der Waals surface area contributed by atoms with Crippen molar-refractivity contribution in [3.8, 4) is 0 Å². The number of nitrogens with zero attached hydrogens (tertiary/aromatic N) is 1. The van der Waals surface area contributed by atoms with Crippen LogP contribution in [-0.2, 0) is 0 Å². The van der Waals surface area contributed by atoms with Gasteiger partial charge >= 0.3 is 0 Å². The number of aliphatic hydroxyl groups is 1. The lowest BCUT2D eigenvalue weighted by molar-refractivity contribution is 0.151. The van der Waals surface area contributed by atoms with Crippen molar-refractivity contribution in [1.29, 1.82) is 0 Å². The number of likely N-dealkylation sites (tertiary alicyclic amines) is 1. The quantitative estimate of drug-likeness (QED) is 0.836. The van der Waals surface area contributed by atoms with Crippen molar-refractivity contribution in [1.82, 2.24) is 4.90 Å². The van der Waals surface area contributed by atoms with E-state index in [2.05, 4.69) is 36.1 Å². The topological polar surface area (TPSA) is 49.5 Å². The van der Waals surface area contributed by atoms with Crippen molar-refractivity contribution >= 4 is 0 Å². The number of aryl methyl sites for hydroxylation is 1. The standard InChI is InChI=1S/C15H24N2O/c1-12-5-2-3-7-14(12)15(11-16)17-9-4-6-13(17)8-10-18/h2-3,5,7,13,15,18H,4,6,8-11,16H2,1H3. The number of benzene rings is 1. The second kappa shape index (κ2) is 6.32. The van der Waals surface area contributed by atoms with Crippen LogP contribution < -0.4 is 5.73 Å². The number of nitrogens with two attached hydrogens (primary N) is 1. The average Bonchev–Trinajstić information content (AvgIpc) is 2.82. The Bertz CT molecular complexity index is 381. The zero-order valence-electron chi connectivity index (χ0n) is 11.2. The zero-order valence-corrected chi connectivity index (χ0v) is 11.2. The highest BCUT2D eigenvalue weighted by atomic mass is 16.3. The summed E-state index contributed by atoms with van der Waals surface area (Å²) >= 11 is 0. The van der Waals surface area contributed by atoms with Crippen LogP contribution in [0.3, 0.4) is 0 Å². The first kappa shape index (κ1) is 13.5. The molecule has 18 heavy (non-hydrogen) atoms. The summed E-state index contributed by atoms with van der Waals surface area (Å²) in [5.74, 6) is 0. The maximum atomic E-state index is 9.17. The fourth-order valence-corrected chi connectivity index (χ4v) is 3.13. The van der Waals surface area contributed by atoms with Gasteiger partial charge < -0.3 is 10.8 Å². The Balaban J connectivity index is 2.20. The van der Waals surface area contributed by atoms with Gasteiger partial charge in [0.15, 0.2) is 0 Å². The molecule has 100 valence electrons. The highest BCUT2D eigenvalue weighted by Crippen LogP contribution is 2.31. The van der Waals surface area contributed by atoms with Gasteiger partial charge in [-0.25, -0.2) is 0 Å². The van der Waals surface area contributed by atoms with Gasteiger partial charge in [0.25, 0.3) is 0 Å². The summed E-state index contributed by atoms with van der Waals surface area (Å²) in [5, 5.41) is 9.17. The molecule has 0 saturated carbocycles. The molecule has 1 aromatic rings. The Morgan fingerprint density at radius 1 is 1.44 bits per heavy atom. The van der Waals surface area contributed by atoms with E-state index in [4.69, 9.17) is 10.8 Å². The van der Waals surface area contributed by atoms with E-state index in [0.717, 1.165) is 13.0 Å². The van der Waals surface area contributed by atoms with Gasteiger partial charge in [0, 0.05) is 25.2 Å². The van der Waals surface area contributed by atoms with Crippen LogP contribution in [0, 0.1) is 6.92 Å². The minimum atomic E-state index is 0.270. The molecule has 1 fully saturated rings. The molecule has 1 heterocycles. The van der Waals surface area contributed by atoms with Crippen LogP contribution in [0.4, 0.5) is 0 Å². The van der Waals surface area contributed by atoms with Gasteiger partial charge in [-0.1, -0.05) is 24.3 Å². The minimum absolute atomic E-state index is 0.270. The van der Waals surface area contributed by atoms with Gasteiger partial charge in [0.2, 0.25) is 0 Å². The third kappa shape index (κ3) is 2.74. The predicted octanol–water partition coefficient (Wildman–Crippen LogP) is 1.84. The van der Waals surface area contributed by atoms with Crippen LogP contribution in [0.2, 0.25) is 0 Å². The zero-order chi connectivity index (χ0) is 13.0. The van der Waals surface area contributed by atoms with Gasteiger partial charge in [-0.3, -0.25) is 4.90 Å². The molecule has 0 amide bonds. The maximum Gasteiger partial charge on any atom is 0.0476 e. The number of hydrogen-bond acceptors (Lipinski definition) is 3. The van der Waals surface area contributed by atoms with Crippen LogP contribution in [0.25, 0.3) is 0 Å². The highest BCUT2D eigenvalue weighted by Gasteiger charge is 2.30. The summed E-state index contributed by atoms with van der Waals surface area (Å²) in [6.45, 7) is 4.16. The summed E-state index contributed by atoms with van der Waals surface area (Å²) in [4.78, 5) is 2.48. The molecule has 0 spiro atoms. The van der Waals surface area contributed by atoms with Crippen molar-refractivity contribution in [2.45, 2.75) is 38.3 Å². The monoisotopic (exact) mass is 248 g/mol. The van der Waals surface area contributed by atoms with E-state index in [1.807, 2.05) is 0 Å². The molecule has 0 aromatic heterocycles. The van der Waals surface area contributed by atoms with E-state index < -0.39 is 0 Å². The summed E-state index contributed by atoms with van der Waals surface area (Å²) < 4.78 is 0. The fourth-order valence-electron chi connectivity index (χ4n) is 3.13. The molecule has 1 aliphatic heterocycles. The largest absolute Gasteiger partial charge is 0.396 e. The molecule has 1 aliphatic rings. The molecule has 3 heteroatoms. The van der Waals surface area contributed by atoms with E-state index in [9.17, 15) is 0 Å². The first-order valence-corrected chi connectivity index (χ1v) is 6.90. The van der Waals surface area contributed by atoms with E-state index in [1.54, 1.807) is 0 Å². The van der Waals surface area contributed by atoms with Gasteiger partial charge in [0.1, 0.15) is 0 Å². The molecule has 0 bridgehead atoms. The Morgan fingerprint density at radius 3 is 2.89 bits per heavy atom. The Hall–Kier alpha value is -0.900. The predicted molar refractivity (Wildman–Crippen MR) is 74.4 cm³/mol. The van der Waals surface area contributed by atoms with Crippen LogP contribution in [0.1, 0.15) is 36.4 Å². The molecular formula is C15H24N2O. The lowest BCUT2D eigenvalue weighted by atomic mass is 9.99. The molecule has 3 N–H and O–H groups in total. The molecule has 2 rings (SSSR count). The van der Waals surface area contributed by atoms with Crippen LogP contribution in [0.15, 0.2) is 24.3 Å². The number of rotatable bonds is 5. The van der Waals surface area contributed by atoms with Crippen molar-refractivity contribution in [3.05, 3.63) is 35.4 Å². The van der Waals surface area contributed by atoms with Crippen molar-refractivity contribution in [2.75, 3.05) is 19.7 Å². The second-order valence-electron chi connectivity index (χ2n) is 5.15. The van der Waals surface area contributed by atoms with E-state index in [0.29, 0.717) is 18.6 Å². The molecule has 0 aliphatic carbocycles. The molecular weight excluding hydrogens is 224 g/mol. The molecule has 1 aromatic carbocycles. The van der Waals surface area contributed by atoms with Crippen molar-refractivity contribution in [2.24, 2.45) is 5.73 Å². The minimum Gasteiger partial charge on any atom is -0.396 e. The molecule has 2 atom stereocenters. The Kier molecular flexibility index (Phi) is 4.75. The SMILES string of the molecule is Cc1ccccc1C(CN)N1CCCC1CCO. The van der Waals surface area contributed by atoms with Gasteiger partial charge in [0.05, 0.1) is 0 Å². The highest BCUT2D eigenvalue weighted by molar-refractivity contribution is 5.29. The van der Waals surface area contributed by atoms with Gasteiger partial charge in [-0.2, -0.15) is 0 Å². The molecule has 3 nitrogen and oxygen atoms in total. The Morgan fingerprint density at radius 2 is 2.22 bits per heavy atom. The normalized spacial score (nSPS) is 22.3. The first-order chi connectivity index (χ1) is 8.77. The summed E-state index contributed by atoms with van der Waals surface area (Å²) in [7, 11) is 0. The van der Waals surface area contributed by atoms with Crippen LogP contribution in [-0.4, -0.2) is 35.7 Å². The average molecular weight is 248 g/mol. The molecule has 2 unspecified atom stereocenters. The summed E-state index contributed by atoms with van der Waals surface area (Å²) in [6, 6.07) is 9.27. The van der Waals surface area contributed by atoms with Crippen molar-refractivity contribution < 1.29 is 5.11 Å². The number of aliphatic hydroxyl groups excluding tert-OH is 1.